The van der Waals surface area contributed by atoms with Crippen LogP contribution in [0.3, 0.4) is 0 Å². The Morgan fingerprint density at radius 3 is 1.79 bits per heavy atom. The predicted molar refractivity (Wildman–Crippen MR) is 239 cm³/mol. The van der Waals surface area contributed by atoms with Crippen LogP contribution in [-0.4, -0.2) is 0 Å². The van der Waals surface area contributed by atoms with Gasteiger partial charge < -0.3 is 14.2 Å². The second kappa shape index (κ2) is 12.8. The molecular weight excluding hydrogens is 705 g/mol. The Morgan fingerprint density at radius 1 is 0.431 bits per heavy atom. The van der Waals surface area contributed by atoms with E-state index >= 15 is 0 Å². The van der Waals surface area contributed by atoms with Crippen molar-refractivity contribution >= 4 is 51.0 Å². The van der Waals surface area contributed by atoms with Gasteiger partial charge in [0.1, 0.15) is 16.9 Å². The zero-order chi connectivity index (χ0) is 38.2. The van der Waals surface area contributed by atoms with E-state index in [4.69, 9.17) is 4.42 Å². The number of hydrogen-bond acceptors (Lipinski definition) is 3. The lowest BCUT2D eigenvalue weighted by atomic mass is 9.73. The number of furan rings is 1. The highest BCUT2D eigenvalue weighted by atomic mass is 16.3. The van der Waals surface area contributed by atoms with Gasteiger partial charge in [-0.2, -0.15) is 0 Å². The van der Waals surface area contributed by atoms with Gasteiger partial charge in [0.2, 0.25) is 0 Å². The third-order valence-corrected chi connectivity index (χ3v) is 12.4. The van der Waals surface area contributed by atoms with Crippen LogP contribution in [0.2, 0.25) is 0 Å². The maximum atomic E-state index is 7.31. The van der Waals surface area contributed by atoms with E-state index in [-0.39, 0.29) is 0 Å². The van der Waals surface area contributed by atoms with Gasteiger partial charge in [0.25, 0.3) is 0 Å². The van der Waals surface area contributed by atoms with Crippen LogP contribution in [0.4, 0.5) is 34.1 Å². The molecule has 3 nitrogen and oxygen atoms in total. The minimum atomic E-state index is -0.643. The van der Waals surface area contributed by atoms with Crippen LogP contribution in [0.5, 0.6) is 0 Å². The Labute approximate surface area is 338 Å². The molecule has 1 spiro atoms. The van der Waals surface area contributed by atoms with Crippen molar-refractivity contribution in [1.29, 1.82) is 0 Å². The predicted octanol–water partition coefficient (Wildman–Crippen LogP) is 14.7. The first kappa shape index (κ1) is 32.8. The minimum Gasteiger partial charge on any atom is -0.463 e. The smallest absolute Gasteiger partial charge is 0.132 e. The molecule has 1 atom stereocenters. The molecule has 8 aromatic carbocycles. The summed E-state index contributed by atoms with van der Waals surface area (Å²) in [5.74, 6) is 2.10. The fourth-order valence-electron chi connectivity index (χ4n) is 10.1. The van der Waals surface area contributed by atoms with Crippen molar-refractivity contribution in [2.75, 3.05) is 9.80 Å². The Bertz CT molecular complexity index is 3030. The lowest BCUT2D eigenvalue weighted by Crippen LogP contribution is -2.26. The summed E-state index contributed by atoms with van der Waals surface area (Å²) >= 11 is 0. The molecule has 274 valence electrons. The quantitative estimate of drug-likeness (QED) is 0.169. The molecule has 58 heavy (non-hydrogen) atoms. The van der Waals surface area contributed by atoms with Crippen molar-refractivity contribution < 1.29 is 4.42 Å². The second-order valence-corrected chi connectivity index (χ2v) is 15.5. The lowest BCUT2D eigenvalue weighted by molar-refractivity contribution is 0.436. The van der Waals surface area contributed by atoms with E-state index in [2.05, 4.69) is 216 Å². The molecule has 0 fully saturated rings. The van der Waals surface area contributed by atoms with Crippen molar-refractivity contribution in [3.63, 3.8) is 0 Å². The van der Waals surface area contributed by atoms with Gasteiger partial charge in [0.05, 0.1) is 5.69 Å². The van der Waals surface area contributed by atoms with Gasteiger partial charge in [-0.15, -0.1) is 0 Å². The molecule has 0 N–H and O–H groups in total. The van der Waals surface area contributed by atoms with E-state index < -0.39 is 5.41 Å². The first-order valence-corrected chi connectivity index (χ1v) is 20.2. The standard InChI is InChI=1S/C55H38N2O/c1-4-19-39(20-5-1)56(42-32-31-37-17-10-11-18-38(37)35-42)43-33-34-48-46(36-43)44-25-12-14-27-47(44)55(48)49-28-16-29-50(53(49)52-45-26-13-15-30-51(45)58-54(52)55)57(40-21-6-2-7-22-40)41-23-8-3-9-24-41/h1-14,16-29,31-36H,15,30H2. The number of allylic oxidation sites excluding steroid dienone is 1. The van der Waals surface area contributed by atoms with Crippen LogP contribution in [0.25, 0.3) is 39.1 Å². The van der Waals surface area contributed by atoms with Crippen LogP contribution in [-0.2, 0) is 11.8 Å². The van der Waals surface area contributed by atoms with E-state index in [1.165, 1.54) is 55.3 Å². The Kier molecular flexibility index (Phi) is 7.27. The van der Waals surface area contributed by atoms with Crippen molar-refractivity contribution in [2.24, 2.45) is 0 Å². The lowest BCUT2D eigenvalue weighted by Gasteiger charge is -2.31. The summed E-state index contributed by atoms with van der Waals surface area (Å²) in [4.78, 5) is 4.81. The second-order valence-electron chi connectivity index (χ2n) is 15.5. The molecule has 3 aliphatic rings. The van der Waals surface area contributed by atoms with Crippen LogP contribution in [0.1, 0.15) is 40.2 Å². The van der Waals surface area contributed by atoms with Crippen LogP contribution in [0, 0.1) is 0 Å². The topological polar surface area (TPSA) is 19.6 Å². The third kappa shape index (κ3) is 4.68. The van der Waals surface area contributed by atoms with E-state index in [0.29, 0.717) is 0 Å². The molecule has 1 heterocycles. The summed E-state index contributed by atoms with van der Waals surface area (Å²) < 4.78 is 7.31. The zero-order valence-electron chi connectivity index (χ0n) is 31.8. The van der Waals surface area contributed by atoms with Gasteiger partial charge >= 0.3 is 0 Å². The van der Waals surface area contributed by atoms with Crippen LogP contribution < -0.4 is 9.80 Å². The SMILES string of the molecule is C1=Cc2c(oc3c2-c2c(N(c4ccccc4)c4ccccc4)cccc2C32c3ccccc3-c3cc(N(c4ccccc4)c4ccc5ccccc5c4)ccc32)CC1. The van der Waals surface area contributed by atoms with Gasteiger partial charge in [-0.25, -0.2) is 0 Å². The maximum Gasteiger partial charge on any atom is 0.132 e. The molecule has 3 aliphatic carbocycles. The number of para-hydroxylation sites is 3. The fourth-order valence-corrected chi connectivity index (χ4v) is 10.1. The van der Waals surface area contributed by atoms with E-state index in [1.54, 1.807) is 0 Å². The molecular formula is C55H38N2O. The van der Waals surface area contributed by atoms with Gasteiger partial charge in [-0.05, 0) is 112 Å². The molecule has 1 unspecified atom stereocenters. The van der Waals surface area contributed by atoms with E-state index in [1.807, 2.05) is 0 Å². The first-order valence-electron chi connectivity index (χ1n) is 20.2. The van der Waals surface area contributed by atoms with Crippen LogP contribution in [0.15, 0.2) is 205 Å². The number of benzene rings is 8. The van der Waals surface area contributed by atoms with E-state index in [0.717, 1.165) is 58.5 Å². The Balaban J connectivity index is 1.13. The van der Waals surface area contributed by atoms with Crippen molar-refractivity contribution in [1.82, 2.24) is 0 Å². The molecule has 0 aliphatic heterocycles. The maximum absolute atomic E-state index is 7.31. The first-order chi connectivity index (χ1) is 28.8. The summed E-state index contributed by atoms with van der Waals surface area (Å²) in [7, 11) is 0. The average molecular weight is 743 g/mol. The summed E-state index contributed by atoms with van der Waals surface area (Å²) in [6.45, 7) is 0. The Hall–Kier alpha value is -7.36. The molecule has 0 radical (unpaired) electrons. The minimum absolute atomic E-state index is 0.643. The summed E-state index contributed by atoms with van der Waals surface area (Å²) in [5.41, 5.74) is 16.0. The normalized spacial score (nSPS) is 15.4. The van der Waals surface area contributed by atoms with E-state index in [9.17, 15) is 0 Å². The number of hydrogen-bond donors (Lipinski definition) is 0. The molecule has 9 aromatic rings. The van der Waals surface area contributed by atoms with Crippen molar-refractivity contribution in [3.8, 4) is 22.3 Å². The summed E-state index contributed by atoms with van der Waals surface area (Å²) in [6, 6.07) is 70.6. The van der Waals surface area contributed by atoms with Crippen LogP contribution >= 0.6 is 0 Å². The fraction of sp³-hybridized carbons (Fsp3) is 0.0545. The molecule has 0 saturated carbocycles. The summed E-state index contributed by atoms with van der Waals surface area (Å²) in [6.07, 6.45) is 6.48. The third-order valence-electron chi connectivity index (χ3n) is 12.4. The molecule has 0 amide bonds. The van der Waals surface area contributed by atoms with Gasteiger partial charge in [-0.3, -0.25) is 0 Å². The zero-order valence-corrected chi connectivity index (χ0v) is 31.8. The number of anilines is 6. The molecule has 0 bridgehead atoms. The Morgan fingerprint density at radius 2 is 1.03 bits per heavy atom. The van der Waals surface area contributed by atoms with Crippen molar-refractivity contribution in [2.45, 2.75) is 18.3 Å². The number of fused-ring (bicyclic) bond motifs is 13. The highest BCUT2D eigenvalue weighted by molar-refractivity contribution is 6.03. The molecule has 0 saturated heterocycles. The van der Waals surface area contributed by atoms with Gasteiger partial charge in [0.15, 0.2) is 0 Å². The van der Waals surface area contributed by atoms with Gasteiger partial charge in [-0.1, -0.05) is 140 Å². The molecule has 3 heteroatoms. The molecule has 1 aromatic heterocycles. The average Bonchev–Trinajstić information content (AvgIpc) is 3.91. The number of aryl methyl sites for hydroxylation is 1. The van der Waals surface area contributed by atoms with Crippen molar-refractivity contribution in [3.05, 3.63) is 234 Å². The highest BCUT2D eigenvalue weighted by Crippen LogP contribution is 2.67. The number of nitrogens with zero attached hydrogens (tertiary/aromatic N) is 2. The monoisotopic (exact) mass is 742 g/mol. The summed E-state index contributed by atoms with van der Waals surface area (Å²) in [5, 5.41) is 2.45. The largest absolute Gasteiger partial charge is 0.463 e. The molecule has 12 rings (SSSR count). The van der Waals surface area contributed by atoms with Gasteiger partial charge in [0, 0.05) is 51.5 Å². The highest BCUT2D eigenvalue weighted by Gasteiger charge is 2.56. The number of rotatable bonds is 6.